The van der Waals surface area contributed by atoms with Gasteiger partial charge in [0.15, 0.2) is 0 Å². The Morgan fingerprint density at radius 3 is 2.33 bits per heavy atom. The standard InChI is InChI=1S/C25H29FN2O2/c26-21-12-10-18(11-13-21)14-27-16-25(17-27)23(19-6-2-1-3-7-19)22(15-29)28(25)24(30)20-8-4-5-9-20/h1-3,6-7,10-13,20,22-23,29H,4-5,8-9,14-17H2/t22-,23+/m0/s1. The zero-order chi connectivity index (χ0) is 20.7. The minimum Gasteiger partial charge on any atom is -0.394 e. The number of likely N-dealkylation sites (tertiary alicyclic amines) is 2. The van der Waals surface area contributed by atoms with Crippen LogP contribution in [0, 0.1) is 11.7 Å². The van der Waals surface area contributed by atoms with Crippen molar-refractivity contribution < 1.29 is 14.3 Å². The molecular weight excluding hydrogens is 379 g/mol. The van der Waals surface area contributed by atoms with Gasteiger partial charge in [0, 0.05) is 31.5 Å². The van der Waals surface area contributed by atoms with E-state index >= 15 is 0 Å². The Bertz CT molecular complexity index is 889. The van der Waals surface area contributed by atoms with Gasteiger partial charge in [0.2, 0.25) is 5.91 Å². The largest absolute Gasteiger partial charge is 0.394 e. The van der Waals surface area contributed by atoms with Crippen molar-refractivity contribution in [2.75, 3.05) is 19.7 Å². The van der Waals surface area contributed by atoms with Crippen LogP contribution in [0.2, 0.25) is 0 Å². The van der Waals surface area contributed by atoms with Gasteiger partial charge in [-0.1, -0.05) is 55.3 Å². The fraction of sp³-hybridized carbons (Fsp3) is 0.480. The highest BCUT2D eigenvalue weighted by atomic mass is 19.1. The van der Waals surface area contributed by atoms with E-state index in [-0.39, 0.29) is 41.7 Å². The molecule has 0 radical (unpaired) electrons. The van der Waals surface area contributed by atoms with Crippen LogP contribution in [0.4, 0.5) is 4.39 Å². The van der Waals surface area contributed by atoms with E-state index in [0.29, 0.717) is 0 Å². The smallest absolute Gasteiger partial charge is 0.226 e. The summed E-state index contributed by atoms with van der Waals surface area (Å²) in [5.74, 6) is 0.276. The molecule has 1 N–H and O–H groups in total. The fourth-order valence-electron chi connectivity index (χ4n) is 6.07. The van der Waals surface area contributed by atoms with Crippen molar-refractivity contribution in [1.29, 1.82) is 0 Å². The van der Waals surface area contributed by atoms with E-state index in [2.05, 4.69) is 17.0 Å². The van der Waals surface area contributed by atoms with Crippen LogP contribution in [0.3, 0.4) is 0 Å². The summed E-state index contributed by atoms with van der Waals surface area (Å²) in [6.07, 6.45) is 4.19. The Morgan fingerprint density at radius 2 is 1.70 bits per heavy atom. The van der Waals surface area contributed by atoms with Gasteiger partial charge in [-0.25, -0.2) is 4.39 Å². The number of hydrogen-bond acceptors (Lipinski definition) is 3. The van der Waals surface area contributed by atoms with Gasteiger partial charge < -0.3 is 10.0 Å². The van der Waals surface area contributed by atoms with Gasteiger partial charge in [0.05, 0.1) is 18.2 Å². The van der Waals surface area contributed by atoms with Crippen LogP contribution in [0.5, 0.6) is 0 Å². The van der Waals surface area contributed by atoms with Crippen LogP contribution in [0.15, 0.2) is 54.6 Å². The Balaban J connectivity index is 1.39. The summed E-state index contributed by atoms with van der Waals surface area (Å²) in [6, 6.07) is 16.8. The molecule has 2 saturated heterocycles. The molecule has 4 nitrogen and oxygen atoms in total. The van der Waals surface area contributed by atoms with Crippen molar-refractivity contribution in [3.05, 3.63) is 71.5 Å². The van der Waals surface area contributed by atoms with E-state index in [0.717, 1.165) is 50.9 Å². The van der Waals surface area contributed by atoms with Crippen molar-refractivity contribution in [1.82, 2.24) is 9.80 Å². The number of carbonyl (C=O) groups is 1. The van der Waals surface area contributed by atoms with Crippen molar-refractivity contribution in [2.45, 2.75) is 49.7 Å². The molecular formula is C25H29FN2O2. The number of rotatable bonds is 5. The first kappa shape index (κ1) is 19.7. The van der Waals surface area contributed by atoms with E-state index in [1.54, 1.807) is 0 Å². The maximum absolute atomic E-state index is 13.4. The Kier molecular flexibility index (Phi) is 5.11. The first-order valence-corrected chi connectivity index (χ1v) is 11.1. The zero-order valence-corrected chi connectivity index (χ0v) is 17.2. The predicted molar refractivity (Wildman–Crippen MR) is 113 cm³/mol. The summed E-state index contributed by atoms with van der Waals surface area (Å²) < 4.78 is 13.2. The molecule has 0 aromatic heterocycles. The molecule has 0 unspecified atom stereocenters. The molecule has 2 atom stereocenters. The molecule has 1 saturated carbocycles. The molecule has 2 aromatic rings. The number of amides is 1. The van der Waals surface area contributed by atoms with Crippen molar-refractivity contribution in [3.63, 3.8) is 0 Å². The van der Waals surface area contributed by atoms with Crippen LogP contribution in [-0.4, -0.2) is 52.1 Å². The highest BCUT2D eigenvalue weighted by molar-refractivity contribution is 5.82. The number of aliphatic hydroxyl groups is 1. The van der Waals surface area contributed by atoms with E-state index in [9.17, 15) is 14.3 Å². The molecule has 1 amide bonds. The quantitative estimate of drug-likeness (QED) is 0.823. The average Bonchev–Trinajstić information content (AvgIpc) is 3.26. The van der Waals surface area contributed by atoms with Crippen LogP contribution >= 0.6 is 0 Å². The summed E-state index contributed by atoms with van der Waals surface area (Å²) in [7, 11) is 0. The highest BCUT2D eigenvalue weighted by Gasteiger charge is 2.67. The lowest BCUT2D eigenvalue weighted by atomic mass is 9.60. The maximum Gasteiger partial charge on any atom is 0.226 e. The molecule has 2 aliphatic heterocycles. The van der Waals surface area contributed by atoms with Gasteiger partial charge in [-0.15, -0.1) is 0 Å². The summed E-state index contributed by atoms with van der Waals surface area (Å²) in [5.41, 5.74) is 2.04. The van der Waals surface area contributed by atoms with Gasteiger partial charge in [0.25, 0.3) is 0 Å². The lowest BCUT2D eigenvalue weighted by Gasteiger charge is -2.71. The number of carbonyl (C=O) groups excluding carboxylic acids is 1. The number of nitrogens with zero attached hydrogens (tertiary/aromatic N) is 2. The molecule has 3 fully saturated rings. The lowest BCUT2D eigenvalue weighted by Crippen LogP contribution is -2.85. The molecule has 5 rings (SSSR count). The van der Waals surface area contributed by atoms with Crippen molar-refractivity contribution in [3.8, 4) is 0 Å². The third kappa shape index (κ3) is 3.15. The number of benzene rings is 2. The summed E-state index contributed by atoms with van der Waals surface area (Å²) >= 11 is 0. The summed E-state index contributed by atoms with van der Waals surface area (Å²) in [6.45, 7) is 2.33. The minimum absolute atomic E-state index is 0.00225. The third-order valence-corrected chi connectivity index (χ3v) is 7.38. The van der Waals surface area contributed by atoms with Gasteiger partial charge >= 0.3 is 0 Å². The molecule has 1 aliphatic carbocycles. The van der Waals surface area contributed by atoms with Gasteiger partial charge in [-0.05, 0) is 36.1 Å². The summed E-state index contributed by atoms with van der Waals surface area (Å²) in [4.78, 5) is 17.8. The topological polar surface area (TPSA) is 43.8 Å². The van der Waals surface area contributed by atoms with Gasteiger partial charge in [0.1, 0.15) is 5.82 Å². The molecule has 30 heavy (non-hydrogen) atoms. The lowest BCUT2D eigenvalue weighted by molar-refractivity contribution is -0.205. The molecule has 3 aliphatic rings. The zero-order valence-electron chi connectivity index (χ0n) is 17.2. The maximum atomic E-state index is 13.4. The van der Waals surface area contributed by atoms with E-state index < -0.39 is 0 Å². The minimum atomic E-state index is -0.242. The SMILES string of the molecule is O=C(C1CCCC1)N1[C@@H](CO)[C@@H](c2ccccc2)C12CN(Cc1ccc(F)cc1)C2. The van der Waals surface area contributed by atoms with E-state index in [1.165, 1.54) is 17.7 Å². The van der Waals surface area contributed by atoms with E-state index in [4.69, 9.17) is 0 Å². The molecule has 0 bridgehead atoms. The number of aliphatic hydroxyl groups excluding tert-OH is 1. The second-order valence-corrected chi connectivity index (χ2v) is 9.20. The van der Waals surface area contributed by atoms with Gasteiger partial charge in [-0.3, -0.25) is 9.69 Å². The Hall–Kier alpha value is -2.24. The second-order valence-electron chi connectivity index (χ2n) is 9.20. The number of hydrogen-bond donors (Lipinski definition) is 1. The average molecular weight is 409 g/mol. The first-order valence-electron chi connectivity index (χ1n) is 11.1. The second kappa shape index (κ2) is 7.78. The Morgan fingerprint density at radius 1 is 1.03 bits per heavy atom. The molecule has 2 heterocycles. The van der Waals surface area contributed by atoms with Crippen LogP contribution < -0.4 is 0 Å². The Labute approximate surface area is 177 Å². The first-order chi connectivity index (χ1) is 14.6. The highest BCUT2D eigenvalue weighted by Crippen LogP contribution is 2.55. The molecule has 5 heteroatoms. The van der Waals surface area contributed by atoms with Crippen LogP contribution in [0.1, 0.15) is 42.7 Å². The van der Waals surface area contributed by atoms with E-state index in [1.807, 2.05) is 35.2 Å². The summed E-state index contributed by atoms with van der Waals surface area (Å²) in [5, 5.41) is 10.2. The molecule has 2 aromatic carbocycles. The van der Waals surface area contributed by atoms with Crippen LogP contribution in [0.25, 0.3) is 0 Å². The van der Waals surface area contributed by atoms with Crippen molar-refractivity contribution in [2.24, 2.45) is 5.92 Å². The normalized spacial score (nSPS) is 25.9. The van der Waals surface area contributed by atoms with Crippen LogP contribution in [-0.2, 0) is 11.3 Å². The van der Waals surface area contributed by atoms with Crippen molar-refractivity contribution >= 4 is 5.91 Å². The third-order valence-electron chi connectivity index (χ3n) is 7.38. The monoisotopic (exact) mass is 408 g/mol. The predicted octanol–water partition coefficient (Wildman–Crippen LogP) is 3.56. The molecule has 1 spiro atoms. The van der Waals surface area contributed by atoms with Gasteiger partial charge in [-0.2, -0.15) is 0 Å². The fourth-order valence-corrected chi connectivity index (χ4v) is 6.07. The number of halogens is 1. The molecule has 158 valence electrons.